The number of nitrogens with one attached hydrogen (secondary N) is 3. The summed E-state index contributed by atoms with van der Waals surface area (Å²) in [4.78, 5) is 61.2. The molecule has 3 amide bonds. The summed E-state index contributed by atoms with van der Waals surface area (Å²) in [6, 6.07) is 16.2. The lowest BCUT2D eigenvalue weighted by molar-refractivity contribution is -0.143. The Morgan fingerprint density at radius 1 is 0.808 bits per heavy atom. The Hall–Kier alpha value is -5.10. The van der Waals surface area contributed by atoms with Crippen molar-refractivity contribution in [3.8, 4) is 28.3 Å². The molecule has 2 atom stereocenters. The first-order chi connectivity index (χ1) is 24.9. The van der Waals surface area contributed by atoms with Crippen LogP contribution < -0.4 is 20.7 Å². The molecule has 0 unspecified atom stereocenters. The average Bonchev–Trinajstić information content (AvgIpc) is 3.65. The van der Waals surface area contributed by atoms with Gasteiger partial charge < -0.3 is 25.8 Å². The number of carbonyl (C=O) groups excluding carboxylic acids is 3. The molecule has 0 aliphatic carbocycles. The van der Waals surface area contributed by atoms with E-state index in [-0.39, 0.29) is 11.8 Å². The van der Waals surface area contributed by atoms with Gasteiger partial charge in [-0.2, -0.15) is 0 Å². The van der Waals surface area contributed by atoms with Crippen LogP contribution in [0.1, 0.15) is 86.3 Å². The smallest absolute Gasteiger partial charge is 0.326 e. The predicted octanol–water partition coefficient (Wildman–Crippen LogP) is 6.57. The Balaban J connectivity index is 1.44. The van der Waals surface area contributed by atoms with Gasteiger partial charge in [-0.15, -0.1) is 11.3 Å². The van der Waals surface area contributed by atoms with Gasteiger partial charge in [-0.25, -0.2) is 14.8 Å². The number of nitrogens with zero attached hydrogens (tertiary/aromatic N) is 2. The molecule has 0 saturated heterocycles. The minimum absolute atomic E-state index is 0.0695. The number of thiophene rings is 1. The SMILES string of the molecule is CCCCCCCOc1ccc(-c2cnc(-c3ccc(C[C@H](NC(=O)c4ccc(C(C)(C)C)s4)C(=O)N[C@@H](CC(=O)NC)C(=O)O)cc3)nc2)cc1. The van der Waals surface area contributed by atoms with E-state index in [1.807, 2.05) is 75.4 Å². The summed E-state index contributed by atoms with van der Waals surface area (Å²) in [5, 5.41) is 17.2. The number of unbranched alkanes of at least 4 members (excludes halogenated alkanes) is 4. The number of rotatable bonds is 18. The highest BCUT2D eigenvalue weighted by atomic mass is 32.1. The number of ether oxygens (including phenoxy) is 1. The van der Waals surface area contributed by atoms with Crippen molar-refractivity contribution in [2.45, 2.75) is 90.1 Å². The molecule has 276 valence electrons. The van der Waals surface area contributed by atoms with Gasteiger partial charge in [-0.1, -0.05) is 89.8 Å². The summed E-state index contributed by atoms with van der Waals surface area (Å²) in [5.74, 6) is -1.72. The van der Waals surface area contributed by atoms with Crippen LogP contribution in [0, 0.1) is 0 Å². The van der Waals surface area contributed by atoms with Gasteiger partial charge in [0.05, 0.1) is 17.9 Å². The summed E-state index contributed by atoms with van der Waals surface area (Å²) < 4.78 is 5.88. The van der Waals surface area contributed by atoms with Gasteiger partial charge >= 0.3 is 5.97 Å². The van der Waals surface area contributed by atoms with Crippen molar-refractivity contribution in [2.75, 3.05) is 13.7 Å². The van der Waals surface area contributed by atoms with Crippen LogP contribution in [0.3, 0.4) is 0 Å². The van der Waals surface area contributed by atoms with E-state index in [9.17, 15) is 24.3 Å². The Morgan fingerprint density at radius 2 is 1.46 bits per heavy atom. The number of aliphatic carboxylic acids is 1. The first-order valence-electron chi connectivity index (χ1n) is 17.7. The van der Waals surface area contributed by atoms with Crippen molar-refractivity contribution < 1.29 is 29.0 Å². The number of carbonyl (C=O) groups is 4. The molecular formula is C40H49N5O6S. The molecule has 4 aromatic rings. The third-order valence-electron chi connectivity index (χ3n) is 8.48. The van der Waals surface area contributed by atoms with Crippen molar-refractivity contribution >= 4 is 35.0 Å². The van der Waals surface area contributed by atoms with Crippen molar-refractivity contribution in [2.24, 2.45) is 0 Å². The lowest BCUT2D eigenvalue weighted by Gasteiger charge is -2.21. The molecule has 0 saturated carbocycles. The van der Waals surface area contributed by atoms with Crippen molar-refractivity contribution in [3.05, 3.63) is 88.4 Å². The maximum atomic E-state index is 13.5. The van der Waals surface area contributed by atoms with E-state index in [0.717, 1.165) is 33.7 Å². The van der Waals surface area contributed by atoms with Gasteiger partial charge in [0.1, 0.15) is 17.8 Å². The zero-order valence-electron chi connectivity index (χ0n) is 30.5. The Morgan fingerprint density at radius 3 is 2.06 bits per heavy atom. The number of hydrogen-bond donors (Lipinski definition) is 4. The van der Waals surface area contributed by atoms with Gasteiger partial charge in [0.15, 0.2) is 5.82 Å². The zero-order valence-corrected chi connectivity index (χ0v) is 31.3. The molecule has 0 spiro atoms. The standard InChI is InChI=1S/C40H49N5O6S/c1-6-7-8-9-10-21-51-30-17-15-27(16-18-30)29-24-42-36(43-25-29)28-13-11-26(12-14-28)22-31(37(47)45-32(39(49)50)23-35(46)41-5)44-38(48)33-19-20-34(52-33)40(2,3)4/h11-20,24-25,31-32H,6-10,21-23H2,1-5H3,(H,41,46)(H,44,48)(H,45,47)(H,49,50)/t31-,32-/m0/s1. The topological polar surface area (TPSA) is 160 Å². The molecule has 0 aliphatic rings. The summed E-state index contributed by atoms with van der Waals surface area (Å²) in [7, 11) is 1.38. The van der Waals surface area contributed by atoms with E-state index in [0.29, 0.717) is 22.9 Å². The molecule has 4 rings (SSSR count). The fourth-order valence-electron chi connectivity index (χ4n) is 5.35. The van der Waals surface area contributed by atoms with Gasteiger partial charge in [-0.3, -0.25) is 14.4 Å². The van der Waals surface area contributed by atoms with Gasteiger partial charge in [-0.05, 0) is 47.2 Å². The molecule has 0 aliphatic heterocycles. The van der Waals surface area contributed by atoms with Crippen LogP contribution in [-0.4, -0.2) is 64.5 Å². The van der Waals surface area contributed by atoms with Gasteiger partial charge in [0.2, 0.25) is 11.8 Å². The van der Waals surface area contributed by atoms with Gasteiger partial charge in [0.25, 0.3) is 5.91 Å². The highest BCUT2D eigenvalue weighted by Gasteiger charge is 2.29. The fraction of sp³-hybridized carbons (Fsp3) is 0.400. The van der Waals surface area contributed by atoms with Crippen molar-refractivity contribution in [3.63, 3.8) is 0 Å². The summed E-state index contributed by atoms with van der Waals surface area (Å²) in [6.45, 7) is 9.05. The number of carboxylic acid groups (broad SMARTS) is 1. The Bertz CT molecular complexity index is 1780. The van der Waals surface area contributed by atoms with Crippen LogP contribution in [0.15, 0.2) is 73.1 Å². The largest absolute Gasteiger partial charge is 0.494 e. The highest BCUT2D eigenvalue weighted by Crippen LogP contribution is 2.29. The number of aromatic nitrogens is 2. The number of benzene rings is 2. The van der Waals surface area contributed by atoms with Crippen LogP contribution in [0.2, 0.25) is 0 Å². The molecule has 2 heterocycles. The van der Waals surface area contributed by atoms with Crippen LogP contribution in [-0.2, 0) is 26.2 Å². The molecule has 2 aromatic heterocycles. The first-order valence-corrected chi connectivity index (χ1v) is 18.5. The molecule has 4 N–H and O–H groups in total. The predicted molar refractivity (Wildman–Crippen MR) is 203 cm³/mol. The van der Waals surface area contributed by atoms with Crippen LogP contribution in [0.5, 0.6) is 5.75 Å². The fourth-order valence-corrected chi connectivity index (χ4v) is 6.32. The van der Waals surface area contributed by atoms with E-state index >= 15 is 0 Å². The molecular weight excluding hydrogens is 679 g/mol. The Kier molecular flexibility index (Phi) is 14.5. The number of hydrogen-bond acceptors (Lipinski definition) is 8. The van der Waals surface area contributed by atoms with E-state index in [2.05, 4.69) is 32.8 Å². The van der Waals surface area contributed by atoms with Gasteiger partial charge in [0, 0.05) is 41.9 Å². The quantitative estimate of drug-likeness (QED) is 0.0839. The van der Waals surface area contributed by atoms with E-state index < -0.39 is 42.2 Å². The summed E-state index contributed by atoms with van der Waals surface area (Å²) in [6.07, 6.45) is 9.11. The maximum Gasteiger partial charge on any atom is 0.326 e. The lowest BCUT2D eigenvalue weighted by Crippen LogP contribution is -2.53. The second kappa shape index (κ2) is 18.9. The molecule has 0 fully saturated rings. The van der Waals surface area contributed by atoms with Crippen LogP contribution in [0.4, 0.5) is 0 Å². The first kappa shape index (κ1) is 39.7. The third-order valence-corrected chi connectivity index (χ3v) is 9.99. The second-order valence-electron chi connectivity index (χ2n) is 13.7. The molecule has 0 bridgehead atoms. The van der Waals surface area contributed by atoms with E-state index in [1.54, 1.807) is 18.5 Å². The van der Waals surface area contributed by atoms with Crippen LogP contribution >= 0.6 is 11.3 Å². The molecule has 11 nitrogen and oxygen atoms in total. The summed E-state index contributed by atoms with van der Waals surface area (Å²) >= 11 is 1.33. The van der Waals surface area contributed by atoms with Crippen LogP contribution in [0.25, 0.3) is 22.5 Å². The van der Waals surface area contributed by atoms with E-state index in [1.165, 1.54) is 44.1 Å². The third kappa shape index (κ3) is 11.7. The molecule has 0 radical (unpaired) electrons. The summed E-state index contributed by atoms with van der Waals surface area (Å²) in [5.41, 5.74) is 3.15. The number of carboxylic acids is 1. The van der Waals surface area contributed by atoms with Crippen molar-refractivity contribution in [1.29, 1.82) is 0 Å². The minimum atomic E-state index is -1.47. The zero-order chi connectivity index (χ0) is 37.7. The normalized spacial score (nSPS) is 12.4. The minimum Gasteiger partial charge on any atom is -0.494 e. The van der Waals surface area contributed by atoms with E-state index in [4.69, 9.17) is 4.74 Å². The maximum absolute atomic E-state index is 13.5. The second-order valence-corrected chi connectivity index (χ2v) is 14.8. The number of amides is 3. The monoisotopic (exact) mass is 727 g/mol. The lowest BCUT2D eigenvalue weighted by atomic mass is 9.95. The Labute approximate surface area is 309 Å². The molecule has 12 heteroatoms. The molecule has 52 heavy (non-hydrogen) atoms. The average molecular weight is 728 g/mol. The highest BCUT2D eigenvalue weighted by molar-refractivity contribution is 7.14. The van der Waals surface area contributed by atoms with Crippen molar-refractivity contribution in [1.82, 2.24) is 25.9 Å². The molecule has 2 aromatic carbocycles.